The van der Waals surface area contributed by atoms with Crippen molar-refractivity contribution >= 4 is 31.3 Å². The van der Waals surface area contributed by atoms with E-state index in [4.69, 9.17) is 20.9 Å². The van der Waals surface area contributed by atoms with Gasteiger partial charge in [-0.1, -0.05) is 54.1 Å². The molecule has 0 saturated heterocycles. The van der Waals surface area contributed by atoms with E-state index in [1.54, 1.807) is 31.2 Å². The third-order valence-electron chi connectivity index (χ3n) is 3.65. The molecule has 0 fully saturated rings. The lowest BCUT2D eigenvalue weighted by Crippen LogP contribution is -2.30. The van der Waals surface area contributed by atoms with Gasteiger partial charge in [-0.15, -0.1) is 0 Å². The highest BCUT2D eigenvalue weighted by Gasteiger charge is 2.36. The van der Waals surface area contributed by atoms with E-state index in [1.807, 2.05) is 6.07 Å². The summed E-state index contributed by atoms with van der Waals surface area (Å²) in [5.41, 5.74) is 0.997. The van der Waals surface area contributed by atoms with Crippen LogP contribution in [0.5, 0.6) is 0 Å². The molecule has 2 aromatic rings. The second-order valence-electron chi connectivity index (χ2n) is 5.80. The first-order valence-corrected chi connectivity index (χ1v) is 10.7. The van der Waals surface area contributed by atoms with E-state index < -0.39 is 32.0 Å². The molecule has 0 aliphatic carbocycles. The number of benzene rings is 2. The second-order valence-corrected chi connectivity index (χ2v) is 8.14. The third kappa shape index (κ3) is 7.51. The van der Waals surface area contributed by atoms with E-state index >= 15 is 0 Å². The number of nitrogens with one attached hydrogen (secondary N) is 1. The van der Waals surface area contributed by atoms with Gasteiger partial charge in [-0.3, -0.25) is 9.09 Å². The van der Waals surface area contributed by atoms with Gasteiger partial charge in [0.1, 0.15) is 6.61 Å². The second kappa shape index (κ2) is 11.0. The zero-order valence-corrected chi connectivity index (χ0v) is 17.3. The minimum atomic E-state index is -4.52. The van der Waals surface area contributed by atoms with Crippen molar-refractivity contribution in [2.45, 2.75) is 19.3 Å². The first-order valence-electron chi connectivity index (χ1n) is 8.67. The maximum absolute atomic E-state index is 12.7. The standard InChI is InChI=1S/C19H21ClNO7P/c1-2-26-17(22)13-28-29(24,25)18(15-8-10-16(20)11-9-15)21-19(23)27-12-14-6-4-3-5-7-14/h3-11,18H,2,12-13H2,1H3,(H,21,23)(H,24,25). The molecule has 10 heteroatoms. The SMILES string of the molecule is CCOC(=O)COP(=O)(O)C(NC(=O)OCc1ccccc1)c1ccc(Cl)cc1. The van der Waals surface area contributed by atoms with Crippen molar-refractivity contribution in [3.05, 3.63) is 70.7 Å². The Morgan fingerprint density at radius 3 is 2.38 bits per heavy atom. The Hall–Kier alpha value is -2.38. The number of ether oxygens (including phenoxy) is 2. The van der Waals surface area contributed by atoms with Crippen LogP contribution < -0.4 is 5.32 Å². The van der Waals surface area contributed by atoms with Crippen LogP contribution in [0.25, 0.3) is 0 Å². The Bertz CT molecular complexity index is 861. The van der Waals surface area contributed by atoms with Crippen molar-refractivity contribution in [2.24, 2.45) is 0 Å². The summed E-state index contributed by atoms with van der Waals surface area (Å²) in [7, 11) is -4.52. The molecule has 1 amide bonds. The molecule has 0 aliphatic heterocycles. The molecule has 29 heavy (non-hydrogen) atoms. The number of carbonyl (C=O) groups is 2. The van der Waals surface area contributed by atoms with Crippen LogP contribution in [0.2, 0.25) is 5.02 Å². The molecule has 0 aromatic heterocycles. The summed E-state index contributed by atoms with van der Waals surface area (Å²) in [5, 5.41) is 2.73. The Kier molecular flexibility index (Phi) is 8.67. The maximum Gasteiger partial charge on any atom is 0.408 e. The largest absolute Gasteiger partial charge is 0.464 e. The maximum atomic E-state index is 12.7. The van der Waals surface area contributed by atoms with E-state index in [1.165, 1.54) is 24.3 Å². The molecule has 2 N–H and O–H groups in total. The molecular formula is C19H21ClNO7P. The molecule has 0 bridgehead atoms. The first-order chi connectivity index (χ1) is 13.8. The molecule has 156 valence electrons. The molecule has 2 atom stereocenters. The molecule has 0 aliphatic rings. The summed E-state index contributed by atoms with van der Waals surface area (Å²) in [4.78, 5) is 34.1. The predicted molar refractivity (Wildman–Crippen MR) is 106 cm³/mol. The molecular weight excluding hydrogens is 421 g/mol. The fraction of sp³-hybridized carbons (Fsp3) is 0.263. The Balaban J connectivity index is 2.11. The van der Waals surface area contributed by atoms with Crippen molar-refractivity contribution < 1.29 is 33.0 Å². The molecule has 0 saturated carbocycles. The molecule has 0 radical (unpaired) electrons. The van der Waals surface area contributed by atoms with E-state index in [2.05, 4.69) is 10.1 Å². The summed E-state index contributed by atoms with van der Waals surface area (Å²) in [5.74, 6) is -2.28. The van der Waals surface area contributed by atoms with E-state index in [0.29, 0.717) is 5.02 Å². The molecule has 8 nitrogen and oxygen atoms in total. The summed E-state index contributed by atoms with van der Waals surface area (Å²) < 4.78 is 27.4. The summed E-state index contributed by atoms with van der Waals surface area (Å²) in [6.45, 7) is 0.922. The van der Waals surface area contributed by atoms with Crippen LogP contribution in [0.15, 0.2) is 54.6 Å². The normalized spacial score (nSPS) is 13.8. The van der Waals surface area contributed by atoms with Crippen molar-refractivity contribution in [3.63, 3.8) is 0 Å². The van der Waals surface area contributed by atoms with E-state index in [9.17, 15) is 19.0 Å². The molecule has 2 aromatic carbocycles. The van der Waals surface area contributed by atoms with Gasteiger partial charge in [0.25, 0.3) is 0 Å². The van der Waals surface area contributed by atoms with Gasteiger partial charge < -0.3 is 19.7 Å². The number of halogens is 1. The number of alkyl carbamates (subject to hydrolysis) is 1. The van der Waals surface area contributed by atoms with E-state index in [0.717, 1.165) is 5.56 Å². The quantitative estimate of drug-likeness (QED) is 0.446. The highest BCUT2D eigenvalue weighted by molar-refractivity contribution is 7.53. The van der Waals surface area contributed by atoms with Gasteiger partial charge in [-0.05, 0) is 30.2 Å². The topological polar surface area (TPSA) is 111 Å². The lowest BCUT2D eigenvalue weighted by Gasteiger charge is -2.23. The summed E-state index contributed by atoms with van der Waals surface area (Å²) >= 11 is 5.86. The average Bonchev–Trinajstić information content (AvgIpc) is 2.71. The molecule has 2 rings (SSSR count). The first kappa shape index (κ1) is 22.9. The summed E-state index contributed by atoms with van der Waals surface area (Å²) in [6, 6.07) is 14.8. The van der Waals surface area contributed by atoms with Gasteiger partial charge in [0.2, 0.25) is 0 Å². The number of esters is 1. The van der Waals surface area contributed by atoms with Crippen LogP contribution in [-0.4, -0.2) is 30.2 Å². The minimum absolute atomic E-state index is 0.0283. The van der Waals surface area contributed by atoms with Crippen LogP contribution >= 0.6 is 19.2 Å². The van der Waals surface area contributed by atoms with Gasteiger partial charge >= 0.3 is 19.7 Å². The molecule has 2 unspecified atom stereocenters. The fourth-order valence-corrected chi connectivity index (χ4v) is 3.68. The lowest BCUT2D eigenvalue weighted by atomic mass is 10.2. The Morgan fingerprint density at radius 1 is 1.10 bits per heavy atom. The Morgan fingerprint density at radius 2 is 1.76 bits per heavy atom. The average molecular weight is 442 g/mol. The molecule has 0 heterocycles. The van der Waals surface area contributed by atoms with Crippen LogP contribution in [0.3, 0.4) is 0 Å². The number of amides is 1. The number of rotatable bonds is 9. The third-order valence-corrected chi connectivity index (χ3v) is 5.48. The summed E-state index contributed by atoms with van der Waals surface area (Å²) in [6.07, 6.45) is -0.928. The van der Waals surface area contributed by atoms with Gasteiger partial charge in [-0.25, -0.2) is 9.59 Å². The highest BCUT2D eigenvalue weighted by Crippen LogP contribution is 2.55. The smallest absolute Gasteiger partial charge is 0.408 e. The van der Waals surface area contributed by atoms with Gasteiger partial charge in [-0.2, -0.15) is 0 Å². The molecule has 0 spiro atoms. The van der Waals surface area contributed by atoms with Crippen molar-refractivity contribution in [1.29, 1.82) is 0 Å². The van der Waals surface area contributed by atoms with Crippen molar-refractivity contribution in [2.75, 3.05) is 13.2 Å². The zero-order chi connectivity index (χ0) is 21.3. The van der Waals surface area contributed by atoms with Crippen LogP contribution in [0.1, 0.15) is 23.8 Å². The highest BCUT2D eigenvalue weighted by atomic mass is 35.5. The van der Waals surface area contributed by atoms with Crippen LogP contribution in [0, 0.1) is 0 Å². The van der Waals surface area contributed by atoms with Gasteiger partial charge in [0.15, 0.2) is 12.4 Å². The van der Waals surface area contributed by atoms with Gasteiger partial charge in [0.05, 0.1) is 6.61 Å². The van der Waals surface area contributed by atoms with Crippen molar-refractivity contribution in [1.82, 2.24) is 5.32 Å². The fourth-order valence-electron chi connectivity index (χ4n) is 2.30. The lowest BCUT2D eigenvalue weighted by molar-refractivity contribution is -0.145. The zero-order valence-electron chi connectivity index (χ0n) is 15.6. The van der Waals surface area contributed by atoms with E-state index in [-0.39, 0.29) is 18.8 Å². The number of hydrogen-bond acceptors (Lipinski definition) is 6. The Labute approximate surface area is 173 Å². The monoisotopic (exact) mass is 441 g/mol. The van der Waals surface area contributed by atoms with Crippen LogP contribution in [-0.2, 0) is 30.0 Å². The number of carbonyl (C=O) groups excluding carboxylic acids is 2. The van der Waals surface area contributed by atoms with Crippen molar-refractivity contribution in [3.8, 4) is 0 Å². The minimum Gasteiger partial charge on any atom is -0.464 e. The van der Waals surface area contributed by atoms with Crippen LogP contribution in [0.4, 0.5) is 4.79 Å². The number of hydrogen-bond donors (Lipinski definition) is 2. The predicted octanol–water partition coefficient (Wildman–Crippen LogP) is 4.03. The van der Waals surface area contributed by atoms with Gasteiger partial charge in [0, 0.05) is 5.02 Å².